The Kier molecular flexibility index (Phi) is 2.90. The minimum atomic E-state index is 0.784. The molecule has 0 amide bonds. The number of pyridine rings is 1. The van der Waals surface area contributed by atoms with E-state index in [2.05, 4.69) is 29.2 Å². The Bertz CT molecular complexity index is 488. The summed E-state index contributed by atoms with van der Waals surface area (Å²) in [6.45, 7) is 4.92. The first-order valence-corrected chi connectivity index (χ1v) is 5.30. The Morgan fingerprint density at radius 1 is 1.31 bits per heavy atom. The van der Waals surface area contributed by atoms with Gasteiger partial charge in [-0.05, 0) is 25.5 Å². The molecule has 2 aromatic rings. The fraction of sp³-hybridized carbons (Fsp3) is 0.333. The van der Waals surface area contributed by atoms with Crippen LogP contribution in [0.25, 0.3) is 0 Å². The van der Waals surface area contributed by atoms with Crippen molar-refractivity contribution in [3.8, 4) is 0 Å². The molecule has 2 rings (SSSR count). The minimum absolute atomic E-state index is 0.784. The fourth-order valence-corrected chi connectivity index (χ4v) is 1.56. The predicted octanol–water partition coefficient (Wildman–Crippen LogP) is 2.04. The number of hydrogen-bond donors (Lipinski definition) is 1. The van der Waals surface area contributed by atoms with Gasteiger partial charge in [0.1, 0.15) is 0 Å². The van der Waals surface area contributed by atoms with Crippen LogP contribution >= 0.6 is 0 Å². The van der Waals surface area contributed by atoms with Crippen LogP contribution in [-0.4, -0.2) is 14.8 Å². The minimum Gasteiger partial charge on any atom is -0.379 e. The van der Waals surface area contributed by atoms with Crippen molar-refractivity contribution >= 4 is 5.69 Å². The summed E-state index contributed by atoms with van der Waals surface area (Å²) in [4.78, 5) is 4.10. The van der Waals surface area contributed by atoms with Crippen molar-refractivity contribution in [3.63, 3.8) is 0 Å². The SMILES string of the molecule is Cc1ccncc1NCc1cnn(C)c1C. The zero-order valence-electron chi connectivity index (χ0n) is 9.86. The van der Waals surface area contributed by atoms with E-state index in [1.807, 2.05) is 30.2 Å². The topological polar surface area (TPSA) is 42.7 Å². The van der Waals surface area contributed by atoms with Crippen LogP contribution in [0.1, 0.15) is 16.8 Å². The van der Waals surface area contributed by atoms with E-state index in [0.29, 0.717) is 0 Å². The molecule has 16 heavy (non-hydrogen) atoms. The smallest absolute Gasteiger partial charge is 0.0559 e. The lowest BCUT2D eigenvalue weighted by molar-refractivity contribution is 0.738. The quantitative estimate of drug-likeness (QED) is 0.853. The highest BCUT2D eigenvalue weighted by Crippen LogP contribution is 2.14. The van der Waals surface area contributed by atoms with Crippen LogP contribution in [0.4, 0.5) is 5.69 Å². The average Bonchev–Trinajstić information content (AvgIpc) is 2.59. The van der Waals surface area contributed by atoms with Crippen LogP contribution in [0, 0.1) is 13.8 Å². The first-order chi connectivity index (χ1) is 7.68. The third kappa shape index (κ3) is 2.05. The van der Waals surface area contributed by atoms with Crippen molar-refractivity contribution in [2.75, 3.05) is 5.32 Å². The fourth-order valence-electron chi connectivity index (χ4n) is 1.56. The van der Waals surface area contributed by atoms with E-state index in [1.165, 1.54) is 16.8 Å². The number of nitrogens with zero attached hydrogens (tertiary/aromatic N) is 3. The molecule has 0 radical (unpaired) electrons. The summed E-state index contributed by atoms with van der Waals surface area (Å²) in [5.74, 6) is 0. The average molecular weight is 216 g/mol. The molecule has 2 aromatic heterocycles. The maximum absolute atomic E-state index is 4.21. The lowest BCUT2D eigenvalue weighted by Crippen LogP contribution is -2.02. The van der Waals surface area contributed by atoms with Crippen LogP contribution < -0.4 is 5.32 Å². The molecule has 0 fully saturated rings. The Morgan fingerprint density at radius 2 is 2.12 bits per heavy atom. The third-order valence-electron chi connectivity index (χ3n) is 2.85. The second kappa shape index (κ2) is 4.35. The lowest BCUT2D eigenvalue weighted by atomic mass is 10.2. The summed E-state index contributed by atoms with van der Waals surface area (Å²) in [5.41, 5.74) is 4.68. The Morgan fingerprint density at radius 3 is 2.75 bits per heavy atom. The van der Waals surface area contributed by atoms with E-state index in [0.717, 1.165) is 12.2 Å². The molecule has 0 atom stereocenters. The standard InChI is InChI=1S/C12H16N4/c1-9-4-5-13-8-12(9)14-6-11-7-15-16(3)10(11)2/h4-5,7-8,14H,6H2,1-3H3. The van der Waals surface area contributed by atoms with Gasteiger partial charge in [-0.15, -0.1) is 0 Å². The first kappa shape index (κ1) is 10.7. The molecular formula is C12H16N4. The molecule has 0 bridgehead atoms. The van der Waals surface area contributed by atoms with E-state index in [4.69, 9.17) is 0 Å². The first-order valence-electron chi connectivity index (χ1n) is 5.30. The van der Waals surface area contributed by atoms with Gasteiger partial charge in [-0.25, -0.2) is 0 Å². The summed E-state index contributed by atoms with van der Waals surface area (Å²) in [7, 11) is 1.95. The Labute approximate surface area is 95.3 Å². The monoisotopic (exact) mass is 216 g/mol. The van der Waals surface area contributed by atoms with Crippen molar-refractivity contribution in [2.45, 2.75) is 20.4 Å². The zero-order chi connectivity index (χ0) is 11.5. The maximum atomic E-state index is 4.21. The van der Waals surface area contributed by atoms with Gasteiger partial charge in [0.2, 0.25) is 0 Å². The number of rotatable bonds is 3. The summed E-state index contributed by atoms with van der Waals surface area (Å²) in [6.07, 6.45) is 5.55. The van der Waals surface area contributed by atoms with E-state index in [-0.39, 0.29) is 0 Å². The third-order valence-corrected chi connectivity index (χ3v) is 2.85. The largest absolute Gasteiger partial charge is 0.379 e. The van der Waals surface area contributed by atoms with Gasteiger partial charge in [-0.2, -0.15) is 5.10 Å². The van der Waals surface area contributed by atoms with Crippen LogP contribution in [0.3, 0.4) is 0 Å². The number of aryl methyl sites for hydroxylation is 2. The Hall–Kier alpha value is -1.84. The van der Waals surface area contributed by atoms with Gasteiger partial charge in [0.05, 0.1) is 18.1 Å². The molecule has 0 aliphatic carbocycles. The molecule has 1 N–H and O–H groups in total. The zero-order valence-corrected chi connectivity index (χ0v) is 9.86. The predicted molar refractivity (Wildman–Crippen MR) is 64.2 cm³/mol. The van der Waals surface area contributed by atoms with E-state index in [1.54, 1.807) is 6.20 Å². The normalized spacial score (nSPS) is 10.4. The molecule has 4 nitrogen and oxygen atoms in total. The maximum Gasteiger partial charge on any atom is 0.0559 e. The van der Waals surface area contributed by atoms with Gasteiger partial charge in [-0.1, -0.05) is 0 Å². The van der Waals surface area contributed by atoms with Gasteiger partial charge in [-0.3, -0.25) is 9.67 Å². The molecular weight excluding hydrogens is 200 g/mol. The van der Waals surface area contributed by atoms with E-state index >= 15 is 0 Å². The molecule has 0 saturated carbocycles. The molecule has 0 aromatic carbocycles. The highest BCUT2D eigenvalue weighted by atomic mass is 15.3. The highest BCUT2D eigenvalue weighted by molar-refractivity contribution is 5.48. The summed E-state index contributed by atoms with van der Waals surface area (Å²) in [6, 6.07) is 2.00. The van der Waals surface area contributed by atoms with Gasteiger partial charge >= 0.3 is 0 Å². The van der Waals surface area contributed by atoms with Crippen LogP contribution in [0.2, 0.25) is 0 Å². The van der Waals surface area contributed by atoms with Gasteiger partial charge in [0, 0.05) is 31.0 Å². The summed E-state index contributed by atoms with van der Waals surface area (Å²) >= 11 is 0. The van der Waals surface area contributed by atoms with Crippen molar-refractivity contribution < 1.29 is 0 Å². The number of anilines is 1. The number of hydrogen-bond acceptors (Lipinski definition) is 3. The second-order valence-electron chi connectivity index (χ2n) is 3.92. The van der Waals surface area contributed by atoms with E-state index in [9.17, 15) is 0 Å². The van der Waals surface area contributed by atoms with Gasteiger partial charge in [0.25, 0.3) is 0 Å². The Balaban J connectivity index is 2.08. The molecule has 2 heterocycles. The van der Waals surface area contributed by atoms with E-state index < -0.39 is 0 Å². The molecule has 0 aliphatic heterocycles. The molecule has 4 heteroatoms. The lowest BCUT2D eigenvalue weighted by Gasteiger charge is -2.08. The molecule has 0 spiro atoms. The highest BCUT2D eigenvalue weighted by Gasteiger charge is 2.03. The molecule has 0 unspecified atom stereocenters. The van der Waals surface area contributed by atoms with Crippen molar-refractivity contribution in [1.29, 1.82) is 0 Å². The number of nitrogens with one attached hydrogen (secondary N) is 1. The molecule has 84 valence electrons. The molecule has 0 saturated heterocycles. The van der Waals surface area contributed by atoms with Gasteiger partial charge in [0.15, 0.2) is 0 Å². The summed E-state index contributed by atoms with van der Waals surface area (Å²) in [5, 5.41) is 7.58. The van der Waals surface area contributed by atoms with Crippen molar-refractivity contribution in [1.82, 2.24) is 14.8 Å². The summed E-state index contributed by atoms with van der Waals surface area (Å²) < 4.78 is 1.88. The van der Waals surface area contributed by atoms with Gasteiger partial charge < -0.3 is 5.32 Å². The van der Waals surface area contributed by atoms with Crippen LogP contribution in [0.15, 0.2) is 24.7 Å². The van der Waals surface area contributed by atoms with Crippen LogP contribution in [0.5, 0.6) is 0 Å². The second-order valence-corrected chi connectivity index (χ2v) is 3.92. The molecule has 0 aliphatic rings. The van der Waals surface area contributed by atoms with Crippen molar-refractivity contribution in [2.24, 2.45) is 7.05 Å². The number of aromatic nitrogens is 3. The van der Waals surface area contributed by atoms with Crippen LogP contribution in [-0.2, 0) is 13.6 Å². The van der Waals surface area contributed by atoms with Crippen molar-refractivity contribution in [3.05, 3.63) is 41.5 Å².